The molecule has 1 aliphatic rings. The van der Waals surface area contributed by atoms with Gasteiger partial charge < -0.3 is 14.5 Å². The molecule has 21 heavy (non-hydrogen) atoms. The molecule has 6 heteroatoms. The van der Waals surface area contributed by atoms with Crippen molar-refractivity contribution < 1.29 is 14.3 Å². The summed E-state index contributed by atoms with van der Waals surface area (Å²) in [5, 5.41) is 0. The Morgan fingerprint density at radius 2 is 2.00 bits per heavy atom. The van der Waals surface area contributed by atoms with Crippen molar-refractivity contribution in [2.75, 3.05) is 37.7 Å². The van der Waals surface area contributed by atoms with Crippen LogP contribution in [0.5, 0.6) is 0 Å². The average Bonchev–Trinajstić information content (AvgIpc) is 2.46. The van der Waals surface area contributed by atoms with E-state index in [0.717, 1.165) is 15.7 Å². The van der Waals surface area contributed by atoms with E-state index in [1.165, 1.54) is 11.8 Å². The summed E-state index contributed by atoms with van der Waals surface area (Å²) in [4.78, 5) is 27.5. The van der Waals surface area contributed by atoms with Gasteiger partial charge in [0.2, 0.25) is 11.8 Å². The van der Waals surface area contributed by atoms with E-state index in [2.05, 4.69) is 15.9 Å². The summed E-state index contributed by atoms with van der Waals surface area (Å²) < 4.78 is 6.19. The zero-order valence-corrected chi connectivity index (χ0v) is 13.9. The Bertz CT molecular complexity index is 542. The number of anilines is 1. The Hall–Kier alpha value is -1.40. The largest absolute Gasteiger partial charge is 0.378 e. The van der Waals surface area contributed by atoms with Crippen LogP contribution in [0, 0.1) is 6.92 Å². The van der Waals surface area contributed by atoms with E-state index in [0.29, 0.717) is 26.3 Å². The molecule has 0 aromatic heterocycles. The third-order valence-corrected chi connectivity index (χ3v) is 3.98. The van der Waals surface area contributed by atoms with Crippen LogP contribution in [-0.4, -0.2) is 49.6 Å². The predicted octanol–water partition coefficient (Wildman–Crippen LogP) is 1.97. The smallest absolute Gasteiger partial charge is 0.242 e. The number of aryl methyl sites for hydroxylation is 1. The van der Waals surface area contributed by atoms with Gasteiger partial charge in [-0.05, 0) is 30.7 Å². The number of benzene rings is 1. The molecule has 0 spiro atoms. The van der Waals surface area contributed by atoms with E-state index in [4.69, 9.17) is 4.74 Å². The van der Waals surface area contributed by atoms with E-state index in [9.17, 15) is 9.59 Å². The topological polar surface area (TPSA) is 49.9 Å². The summed E-state index contributed by atoms with van der Waals surface area (Å²) in [7, 11) is 0. The second-order valence-electron chi connectivity index (χ2n) is 5.03. The second-order valence-corrected chi connectivity index (χ2v) is 5.94. The summed E-state index contributed by atoms with van der Waals surface area (Å²) in [6, 6.07) is 5.66. The van der Waals surface area contributed by atoms with Gasteiger partial charge >= 0.3 is 0 Å². The molecule has 0 saturated carbocycles. The molecule has 114 valence electrons. The Balaban J connectivity index is 2.15. The number of ether oxygens (including phenoxy) is 1. The van der Waals surface area contributed by atoms with Gasteiger partial charge in [0.15, 0.2) is 0 Å². The monoisotopic (exact) mass is 354 g/mol. The Morgan fingerprint density at radius 1 is 1.33 bits per heavy atom. The molecule has 1 saturated heterocycles. The maximum atomic E-state index is 12.3. The van der Waals surface area contributed by atoms with Crippen molar-refractivity contribution in [3.8, 4) is 0 Å². The molecule has 1 fully saturated rings. The molecule has 1 heterocycles. The maximum Gasteiger partial charge on any atom is 0.242 e. The van der Waals surface area contributed by atoms with Gasteiger partial charge in [0, 0.05) is 30.2 Å². The molecule has 0 unspecified atom stereocenters. The zero-order chi connectivity index (χ0) is 15.4. The fourth-order valence-electron chi connectivity index (χ4n) is 2.34. The van der Waals surface area contributed by atoms with E-state index in [1.807, 2.05) is 25.1 Å². The van der Waals surface area contributed by atoms with Crippen LogP contribution in [0.1, 0.15) is 12.5 Å². The first-order valence-electron chi connectivity index (χ1n) is 6.89. The van der Waals surface area contributed by atoms with Crippen LogP contribution in [0.15, 0.2) is 22.7 Å². The number of nitrogens with zero attached hydrogens (tertiary/aromatic N) is 2. The first-order chi connectivity index (χ1) is 9.99. The molecule has 2 amide bonds. The first kappa shape index (κ1) is 16.0. The molecule has 1 aliphatic heterocycles. The molecule has 0 N–H and O–H groups in total. The van der Waals surface area contributed by atoms with Crippen molar-refractivity contribution in [3.05, 3.63) is 28.2 Å². The Labute approximate surface area is 133 Å². The third-order valence-electron chi connectivity index (χ3n) is 3.49. The summed E-state index contributed by atoms with van der Waals surface area (Å²) in [6.45, 7) is 5.77. The van der Waals surface area contributed by atoms with Gasteiger partial charge in [-0.15, -0.1) is 0 Å². The van der Waals surface area contributed by atoms with Crippen molar-refractivity contribution >= 4 is 33.4 Å². The van der Waals surface area contributed by atoms with Crippen molar-refractivity contribution in [1.29, 1.82) is 0 Å². The molecular weight excluding hydrogens is 336 g/mol. The number of halogens is 1. The molecule has 0 atom stereocenters. The van der Waals surface area contributed by atoms with Crippen molar-refractivity contribution in [1.82, 2.24) is 4.90 Å². The number of rotatable bonds is 3. The van der Waals surface area contributed by atoms with Gasteiger partial charge in [0.05, 0.1) is 13.2 Å². The maximum absolute atomic E-state index is 12.3. The number of carbonyl (C=O) groups is 2. The predicted molar refractivity (Wildman–Crippen MR) is 84.3 cm³/mol. The zero-order valence-electron chi connectivity index (χ0n) is 12.3. The normalized spacial score (nSPS) is 14.9. The molecular formula is C15H19BrN2O3. The first-order valence-corrected chi connectivity index (χ1v) is 7.68. The minimum Gasteiger partial charge on any atom is -0.378 e. The average molecular weight is 355 g/mol. The fourth-order valence-corrected chi connectivity index (χ4v) is 2.81. The summed E-state index contributed by atoms with van der Waals surface area (Å²) in [5.74, 6) is -0.183. The number of hydrogen-bond donors (Lipinski definition) is 0. The van der Waals surface area contributed by atoms with Crippen molar-refractivity contribution in [3.63, 3.8) is 0 Å². The standard InChI is InChI=1S/C15H19BrN2O3/c1-11-9-13(16)3-4-14(11)18(12(2)19)10-15(20)17-5-7-21-8-6-17/h3-4,9H,5-8,10H2,1-2H3. The Morgan fingerprint density at radius 3 is 2.57 bits per heavy atom. The molecule has 0 aliphatic carbocycles. The lowest BCUT2D eigenvalue weighted by atomic mass is 10.1. The molecule has 2 rings (SSSR count). The van der Waals surface area contributed by atoms with Gasteiger partial charge in [-0.2, -0.15) is 0 Å². The number of amides is 2. The highest BCUT2D eigenvalue weighted by Crippen LogP contribution is 2.24. The SMILES string of the molecule is CC(=O)N(CC(=O)N1CCOCC1)c1ccc(Br)cc1C. The number of morpholine rings is 1. The van der Waals surface area contributed by atoms with Crippen LogP contribution in [0.4, 0.5) is 5.69 Å². The third kappa shape index (κ3) is 4.04. The minimum atomic E-state index is -0.137. The summed E-state index contributed by atoms with van der Waals surface area (Å²) in [6.07, 6.45) is 0. The molecule has 0 radical (unpaired) electrons. The van der Waals surface area contributed by atoms with E-state index >= 15 is 0 Å². The van der Waals surface area contributed by atoms with Gasteiger partial charge in [-0.3, -0.25) is 9.59 Å². The minimum absolute atomic E-state index is 0.0455. The highest BCUT2D eigenvalue weighted by atomic mass is 79.9. The molecule has 1 aromatic carbocycles. The number of hydrogen-bond acceptors (Lipinski definition) is 3. The van der Waals surface area contributed by atoms with E-state index < -0.39 is 0 Å². The molecule has 5 nitrogen and oxygen atoms in total. The van der Waals surface area contributed by atoms with Gasteiger partial charge in [0.25, 0.3) is 0 Å². The van der Waals surface area contributed by atoms with Crippen LogP contribution in [0.25, 0.3) is 0 Å². The lowest BCUT2D eigenvalue weighted by Gasteiger charge is -2.30. The van der Waals surface area contributed by atoms with Crippen LogP contribution < -0.4 is 4.90 Å². The highest BCUT2D eigenvalue weighted by Gasteiger charge is 2.22. The molecule has 1 aromatic rings. The van der Waals surface area contributed by atoms with Crippen molar-refractivity contribution in [2.45, 2.75) is 13.8 Å². The second kappa shape index (κ2) is 7.04. The lowest BCUT2D eigenvalue weighted by molar-refractivity contribution is -0.134. The van der Waals surface area contributed by atoms with Gasteiger partial charge in [0.1, 0.15) is 6.54 Å². The van der Waals surface area contributed by atoms with Crippen LogP contribution >= 0.6 is 15.9 Å². The highest BCUT2D eigenvalue weighted by molar-refractivity contribution is 9.10. The summed E-state index contributed by atoms with van der Waals surface area (Å²) in [5.41, 5.74) is 1.72. The van der Waals surface area contributed by atoms with Crippen LogP contribution in [0.2, 0.25) is 0 Å². The van der Waals surface area contributed by atoms with Crippen LogP contribution in [-0.2, 0) is 14.3 Å². The lowest BCUT2D eigenvalue weighted by Crippen LogP contribution is -2.47. The fraction of sp³-hybridized carbons (Fsp3) is 0.467. The van der Waals surface area contributed by atoms with Gasteiger partial charge in [-0.25, -0.2) is 0 Å². The van der Waals surface area contributed by atoms with Crippen LogP contribution in [0.3, 0.4) is 0 Å². The number of carbonyl (C=O) groups excluding carboxylic acids is 2. The van der Waals surface area contributed by atoms with Gasteiger partial charge in [-0.1, -0.05) is 15.9 Å². The quantitative estimate of drug-likeness (QED) is 0.833. The molecule has 0 bridgehead atoms. The van der Waals surface area contributed by atoms with Crippen molar-refractivity contribution in [2.24, 2.45) is 0 Å². The Kier molecular flexibility index (Phi) is 5.36. The van der Waals surface area contributed by atoms with E-state index in [-0.39, 0.29) is 18.4 Å². The summed E-state index contributed by atoms with van der Waals surface area (Å²) >= 11 is 3.40. The van der Waals surface area contributed by atoms with E-state index in [1.54, 1.807) is 4.90 Å².